The molecule has 0 bridgehead atoms. The van der Waals surface area contributed by atoms with E-state index >= 15 is 0 Å². The van der Waals surface area contributed by atoms with Crippen LogP contribution < -0.4 is 5.32 Å². The Labute approximate surface area is 171 Å². The van der Waals surface area contributed by atoms with Gasteiger partial charge in [0.2, 0.25) is 10.0 Å². The van der Waals surface area contributed by atoms with Gasteiger partial charge in [-0.2, -0.15) is 4.31 Å². The largest absolute Gasteiger partial charge is 0.377 e. The van der Waals surface area contributed by atoms with E-state index in [4.69, 9.17) is 0 Å². The van der Waals surface area contributed by atoms with Crippen molar-refractivity contribution in [2.45, 2.75) is 49.5 Å². The summed E-state index contributed by atoms with van der Waals surface area (Å²) in [5.74, 6) is 0.721. The average Bonchev–Trinajstić information content (AvgIpc) is 3.37. The van der Waals surface area contributed by atoms with Crippen LogP contribution in [0, 0.1) is 12.8 Å². The SMILES string of the molecule is Cc1ccc(C2Nc3ccc(S(=O)(=O)N4CCCCC4)cc3C3C=CCC32)s1. The van der Waals surface area contributed by atoms with Crippen molar-refractivity contribution in [3.05, 3.63) is 57.8 Å². The summed E-state index contributed by atoms with van der Waals surface area (Å²) in [6.45, 7) is 3.43. The first kappa shape index (κ1) is 18.4. The summed E-state index contributed by atoms with van der Waals surface area (Å²) in [6, 6.07) is 10.4. The molecule has 1 saturated heterocycles. The van der Waals surface area contributed by atoms with Crippen molar-refractivity contribution in [2.24, 2.45) is 5.92 Å². The van der Waals surface area contributed by atoms with Crippen molar-refractivity contribution >= 4 is 27.0 Å². The number of piperidine rings is 1. The minimum absolute atomic E-state index is 0.278. The number of sulfonamides is 1. The number of anilines is 1. The maximum atomic E-state index is 13.1. The second-order valence-electron chi connectivity index (χ2n) is 8.14. The Bertz CT molecular complexity index is 1020. The first-order valence-electron chi connectivity index (χ1n) is 10.2. The molecule has 0 amide bonds. The lowest BCUT2D eigenvalue weighted by Gasteiger charge is -2.37. The maximum Gasteiger partial charge on any atom is 0.243 e. The Kier molecular flexibility index (Phi) is 4.61. The van der Waals surface area contributed by atoms with E-state index in [1.807, 2.05) is 23.5 Å². The van der Waals surface area contributed by atoms with Crippen LogP contribution in [0.15, 0.2) is 47.4 Å². The van der Waals surface area contributed by atoms with Crippen LogP contribution in [0.1, 0.15) is 53.0 Å². The van der Waals surface area contributed by atoms with Gasteiger partial charge in [0.05, 0.1) is 10.9 Å². The van der Waals surface area contributed by atoms with Crippen molar-refractivity contribution in [1.29, 1.82) is 0 Å². The molecule has 0 radical (unpaired) electrons. The fourth-order valence-corrected chi connectivity index (χ4v) is 7.45. The summed E-state index contributed by atoms with van der Waals surface area (Å²) < 4.78 is 27.9. The molecule has 0 saturated carbocycles. The number of aryl methyl sites for hydroxylation is 1. The molecule has 2 aliphatic heterocycles. The second-order valence-corrected chi connectivity index (χ2v) is 11.4. The Morgan fingerprint density at radius 2 is 1.93 bits per heavy atom. The van der Waals surface area contributed by atoms with Gasteiger partial charge in [0, 0.05) is 34.4 Å². The zero-order chi connectivity index (χ0) is 19.3. The molecule has 6 heteroatoms. The standard InChI is InChI=1S/C22H26N2O2S2/c1-15-8-11-21(27-15)22-18-7-5-6-17(18)19-14-16(9-10-20(19)23-22)28(25,26)24-12-3-2-4-13-24/h5-6,8-11,14,17-18,22-23H,2-4,7,12-13H2,1H3. The lowest BCUT2D eigenvalue weighted by Crippen LogP contribution is -2.36. The van der Waals surface area contributed by atoms with E-state index in [0.29, 0.717) is 23.9 Å². The molecule has 3 unspecified atom stereocenters. The Morgan fingerprint density at radius 3 is 2.68 bits per heavy atom. The molecule has 3 atom stereocenters. The monoisotopic (exact) mass is 414 g/mol. The number of nitrogens with one attached hydrogen (secondary N) is 1. The van der Waals surface area contributed by atoms with Crippen LogP contribution in [0.25, 0.3) is 0 Å². The number of thiophene rings is 1. The maximum absolute atomic E-state index is 13.1. The number of hydrogen-bond donors (Lipinski definition) is 1. The van der Waals surface area contributed by atoms with Crippen molar-refractivity contribution in [3.63, 3.8) is 0 Å². The summed E-state index contributed by atoms with van der Waals surface area (Å²) in [4.78, 5) is 3.14. The molecule has 1 aromatic carbocycles. The minimum Gasteiger partial charge on any atom is -0.377 e. The highest BCUT2D eigenvalue weighted by Gasteiger charge is 2.39. The molecule has 5 rings (SSSR count). The van der Waals surface area contributed by atoms with Crippen LogP contribution in [-0.2, 0) is 10.0 Å². The van der Waals surface area contributed by atoms with Crippen molar-refractivity contribution in [2.75, 3.05) is 18.4 Å². The van der Waals surface area contributed by atoms with Crippen LogP contribution in [0.2, 0.25) is 0 Å². The van der Waals surface area contributed by atoms with E-state index in [2.05, 4.69) is 36.5 Å². The van der Waals surface area contributed by atoms with Gasteiger partial charge in [-0.3, -0.25) is 0 Å². The molecule has 1 fully saturated rings. The first-order chi connectivity index (χ1) is 13.5. The number of allylic oxidation sites excluding steroid dienone is 2. The van der Waals surface area contributed by atoms with E-state index in [1.165, 1.54) is 9.75 Å². The zero-order valence-corrected chi connectivity index (χ0v) is 17.7. The Morgan fingerprint density at radius 1 is 1.11 bits per heavy atom. The highest BCUT2D eigenvalue weighted by molar-refractivity contribution is 7.89. The van der Waals surface area contributed by atoms with Gasteiger partial charge in [-0.25, -0.2) is 8.42 Å². The van der Waals surface area contributed by atoms with Gasteiger partial charge in [-0.1, -0.05) is 18.6 Å². The summed E-state index contributed by atoms with van der Waals surface area (Å²) in [7, 11) is -3.40. The highest BCUT2D eigenvalue weighted by Crippen LogP contribution is 2.51. The minimum atomic E-state index is -3.40. The normalized spacial score (nSPS) is 27.2. The van der Waals surface area contributed by atoms with Crippen molar-refractivity contribution in [3.8, 4) is 0 Å². The molecule has 1 N–H and O–H groups in total. The predicted octanol–water partition coefficient (Wildman–Crippen LogP) is 5.06. The van der Waals surface area contributed by atoms with Crippen LogP contribution in [0.4, 0.5) is 5.69 Å². The fraction of sp³-hybridized carbons (Fsp3) is 0.455. The first-order valence-corrected chi connectivity index (χ1v) is 12.4. The van der Waals surface area contributed by atoms with E-state index < -0.39 is 10.0 Å². The number of hydrogen-bond acceptors (Lipinski definition) is 4. The van der Waals surface area contributed by atoms with Crippen LogP contribution in [-0.4, -0.2) is 25.8 Å². The Balaban J connectivity index is 1.51. The third-order valence-corrected chi connectivity index (χ3v) is 9.33. The number of rotatable bonds is 3. The molecular weight excluding hydrogens is 388 g/mol. The van der Waals surface area contributed by atoms with Gasteiger partial charge in [0.1, 0.15) is 0 Å². The second kappa shape index (κ2) is 7.01. The van der Waals surface area contributed by atoms with E-state index in [9.17, 15) is 8.42 Å². The quantitative estimate of drug-likeness (QED) is 0.715. The molecule has 4 nitrogen and oxygen atoms in total. The topological polar surface area (TPSA) is 49.4 Å². The molecule has 148 valence electrons. The molecule has 0 spiro atoms. The third kappa shape index (κ3) is 3.02. The van der Waals surface area contributed by atoms with Gasteiger partial charge in [-0.15, -0.1) is 11.3 Å². The summed E-state index contributed by atoms with van der Waals surface area (Å²) in [6.07, 6.45) is 8.60. The number of benzene rings is 1. The summed E-state index contributed by atoms with van der Waals surface area (Å²) >= 11 is 1.85. The van der Waals surface area contributed by atoms with E-state index in [1.54, 1.807) is 10.4 Å². The molecule has 1 aromatic heterocycles. The van der Waals surface area contributed by atoms with Crippen molar-refractivity contribution < 1.29 is 8.42 Å². The van der Waals surface area contributed by atoms with Crippen LogP contribution in [0.5, 0.6) is 0 Å². The van der Waals surface area contributed by atoms with Gasteiger partial charge in [-0.05, 0) is 68.0 Å². The smallest absolute Gasteiger partial charge is 0.243 e. The van der Waals surface area contributed by atoms with Gasteiger partial charge in [0.25, 0.3) is 0 Å². The summed E-state index contributed by atoms with van der Waals surface area (Å²) in [5, 5.41) is 3.72. The van der Waals surface area contributed by atoms with Gasteiger partial charge in [0.15, 0.2) is 0 Å². The van der Waals surface area contributed by atoms with Crippen LogP contribution in [0.3, 0.4) is 0 Å². The third-order valence-electron chi connectivity index (χ3n) is 6.35. The van der Waals surface area contributed by atoms with E-state index in [0.717, 1.165) is 36.9 Å². The lowest BCUT2D eigenvalue weighted by atomic mass is 9.79. The molecule has 3 heterocycles. The molecule has 28 heavy (non-hydrogen) atoms. The predicted molar refractivity (Wildman–Crippen MR) is 114 cm³/mol. The van der Waals surface area contributed by atoms with Crippen molar-refractivity contribution in [1.82, 2.24) is 4.31 Å². The average molecular weight is 415 g/mol. The van der Waals surface area contributed by atoms with Gasteiger partial charge < -0.3 is 5.32 Å². The number of fused-ring (bicyclic) bond motifs is 3. The lowest BCUT2D eigenvalue weighted by molar-refractivity contribution is 0.346. The molecule has 2 aromatic rings. The van der Waals surface area contributed by atoms with Gasteiger partial charge >= 0.3 is 0 Å². The van der Waals surface area contributed by atoms with E-state index in [-0.39, 0.29) is 12.0 Å². The molecule has 3 aliphatic rings. The zero-order valence-electron chi connectivity index (χ0n) is 16.1. The summed E-state index contributed by atoms with van der Waals surface area (Å²) in [5.41, 5.74) is 2.20. The molecular formula is C22H26N2O2S2. The number of nitrogens with zero attached hydrogens (tertiary/aromatic N) is 1. The molecule has 1 aliphatic carbocycles. The Hall–Kier alpha value is -1.63. The highest BCUT2D eigenvalue weighted by atomic mass is 32.2. The van der Waals surface area contributed by atoms with Crippen LogP contribution >= 0.6 is 11.3 Å². The fourth-order valence-electron chi connectivity index (χ4n) is 4.89.